The Balaban J connectivity index is 1.76. The molecule has 4 nitrogen and oxygen atoms in total. The van der Waals surface area contributed by atoms with Crippen LogP contribution in [-0.2, 0) is 16.2 Å². The first-order chi connectivity index (χ1) is 10.1. The fourth-order valence-electron chi connectivity index (χ4n) is 1.97. The molecule has 0 saturated heterocycles. The number of rotatable bonds is 3. The average molecular weight is 305 g/mol. The minimum atomic E-state index is -0.435. The Kier molecular flexibility index (Phi) is 3.58. The molecule has 3 rings (SSSR count). The van der Waals surface area contributed by atoms with Crippen molar-refractivity contribution in [3.8, 4) is 0 Å². The van der Waals surface area contributed by atoms with Gasteiger partial charge in [0, 0.05) is 10.6 Å². The lowest BCUT2D eigenvalue weighted by atomic mass is 10.1. The van der Waals surface area contributed by atoms with Crippen molar-refractivity contribution in [2.75, 3.05) is 5.32 Å². The molecule has 1 aliphatic rings. The molecule has 1 aliphatic heterocycles. The van der Waals surface area contributed by atoms with Crippen LogP contribution in [0.15, 0.2) is 47.6 Å². The summed E-state index contributed by atoms with van der Waals surface area (Å²) in [5.74, 6) is -0.845. The van der Waals surface area contributed by atoms with Crippen LogP contribution in [0.3, 0.4) is 0 Å². The molecule has 21 heavy (non-hydrogen) atoms. The third-order valence-electron chi connectivity index (χ3n) is 3.00. The third-order valence-corrected chi connectivity index (χ3v) is 3.25. The second kappa shape index (κ2) is 5.54. The summed E-state index contributed by atoms with van der Waals surface area (Å²) in [6.45, 7) is 0.193. The number of carbonyl (C=O) groups excluding carboxylic acids is 1. The van der Waals surface area contributed by atoms with E-state index in [2.05, 4.69) is 10.5 Å². The molecule has 2 aromatic rings. The molecular formula is C15H10ClFN2O2. The van der Waals surface area contributed by atoms with Gasteiger partial charge in [-0.1, -0.05) is 28.9 Å². The normalized spacial score (nSPS) is 15.0. The zero-order valence-electron chi connectivity index (χ0n) is 10.8. The third kappa shape index (κ3) is 2.87. The zero-order chi connectivity index (χ0) is 14.8. The van der Waals surface area contributed by atoms with Crippen molar-refractivity contribution < 1.29 is 14.0 Å². The zero-order valence-corrected chi connectivity index (χ0v) is 11.5. The van der Waals surface area contributed by atoms with Crippen LogP contribution >= 0.6 is 11.6 Å². The van der Waals surface area contributed by atoms with E-state index >= 15 is 0 Å². The molecular weight excluding hydrogens is 295 g/mol. The van der Waals surface area contributed by atoms with Gasteiger partial charge >= 0.3 is 0 Å². The minimum Gasteiger partial charge on any atom is -0.390 e. The molecule has 1 heterocycles. The maximum Gasteiger partial charge on any atom is 0.278 e. The number of nitrogens with zero attached hydrogens (tertiary/aromatic N) is 1. The summed E-state index contributed by atoms with van der Waals surface area (Å²) < 4.78 is 13.2. The van der Waals surface area contributed by atoms with Gasteiger partial charge in [0.05, 0.1) is 5.69 Å². The summed E-state index contributed by atoms with van der Waals surface area (Å²) in [5.41, 5.74) is 1.85. The monoisotopic (exact) mass is 304 g/mol. The van der Waals surface area contributed by atoms with Crippen LogP contribution in [0.1, 0.15) is 11.1 Å². The van der Waals surface area contributed by atoms with E-state index in [0.29, 0.717) is 16.3 Å². The lowest BCUT2D eigenvalue weighted by Crippen LogP contribution is -2.14. The van der Waals surface area contributed by atoms with Gasteiger partial charge in [0.25, 0.3) is 5.91 Å². The van der Waals surface area contributed by atoms with E-state index in [9.17, 15) is 9.18 Å². The lowest BCUT2D eigenvalue weighted by Gasteiger charge is -2.01. The highest BCUT2D eigenvalue weighted by molar-refractivity contribution is 6.53. The van der Waals surface area contributed by atoms with Gasteiger partial charge in [-0.3, -0.25) is 4.79 Å². The van der Waals surface area contributed by atoms with Gasteiger partial charge in [-0.15, -0.1) is 0 Å². The van der Waals surface area contributed by atoms with E-state index in [-0.39, 0.29) is 12.3 Å². The van der Waals surface area contributed by atoms with Crippen molar-refractivity contribution in [3.05, 3.63) is 64.4 Å². The first kappa shape index (κ1) is 13.6. The number of halogens is 2. The smallest absolute Gasteiger partial charge is 0.278 e. The fraction of sp³-hybridized carbons (Fsp3) is 0.0667. The highest BCUT2D eigenvalue weighted by Gasteiger charge is 2.27. The summed E-state index contributed by atoms with van der Waals surface area (Å²) in [4.78, 5) is 16.9. The Labute approximate surface area is 125 Å². The maximum atomic E-state index is 13.2. The fourth-order valence-corrected chi connectivity index (χ4v) is 2.09. The van der Waals surface area contributed by atoms with E-state index < -0.39 is 11.7 Å². The number of hydrogen-bond donors (Lipinski definition) is 1. The molecule has 0 saturated carbocycles. The van der Waals surface area contributed by atoms with Crippen LogP contribution in [-0.4, -0.2) is 11.6 Å². The van der Waals surface area contributed by atoms with Crippen LogP contribution in [0.4, 0.5) is 10.1 Å². The second-order valence-electron chi connectivity index (χ2n) is 4.48. The standard InChI is InChI=1S/C15H10ClFN2O2/c16-10-3-1-9(2-4-10)8-21-19-14-12-7-11(17)5-6-13(12)18-15(14)20/h1-7H,8H2,(H,18,19,20). The van der Waals surface area contributed by atoms with E-state index in [0.717, 1.165) is 5.56 Å². The molecule has 0 fully saturated rings. The first-order valence-electron chi connectivity index (χ1n) is 6.19. The quantitative estimate of drug-likeness (QED) is 0.884. The van der Waals surface area contributed by atoms with Crippen LogP contribution in [0.5, 0.6) is 0 Å². The Morgan fingerprint density at radius 3 is 2.71 bits per heavy atom. The predicted octanol–water partition coefficient (Wildman–Crippen LogP) is 3.35. The number of fused-ring (bicyclic) bond motifs is 1. The van der Waals surface area contributed by atoms with E-state index in [1.54, 1.807) is 24.3 Å². The summed E-state index contributed by atoms with van der Waals surface area (Å²) in [7, 11) is 0. The number of benzene rings is 2. The van der Waals surface area contributed by atoms with Crippen LogP contribution < -0.4 is 5.32 Å². The molecule has 0 aliphatic carbocycles. The number of anilines is 1. The van der Waals surface area contributed by atoms with Gasteiger partial charge in [0.15, 0.2) is 5.71 Å². The van der Waals surface area contributed by atoms with Gasteiger partial charge < -0.3 is 10.2 Å². The predicted molar refractivity (Wildman–Crippen MR) is 77.8 cm³/mol. The van der Waals surface area contributed by atoms with Crippen LogP contribution in [0.2, 0.25) is 5.02 Å². The van der Waals surface area contributed by atoms with E-state index in [4.69, 9.17) is 16.4 Å². The number of amides is 1. The molecule has 6 heteroatoms. The van der Waals surface area contributed by atoms with E-state index in [1.165, 1.54) is 18.2 Å². The SMILES string of the molecule is O=C1Nc2ccc(F)cc2/C1=N/OCc1ccc(Cl)cc1. The topological polar surface area (TPSA) is 50.7 Å². The molecule has 0 bridgehead atoms. The van der Waals surface area contributed by atoms with Crippen LogP contribution in [0, 0.1) is 5.82 Å². The van der Waals surface area contributed by atoms with Crippen molar-refractivity contribution >= 4 is 28.9 Å². The molecule has 0 spiro atoms. The van der Waals surface area contributed by atoms with Gasteiger partial charge in [-0.05, 0) is 35.9 Å². The Hall–Kier alpha value is -2.40. The summed E-state index contributed by atoms with van der Waals surface area (Å²) in [6, 6.07) is 11.1. The Bertz CT molecular complexity index is 729. The highest BCUT2D eigenvalue weighted by Crippen LogP contribution is 2.24. The first-order valence-corrected chi connectivity index (χ1v) is 6.57. The number of carbonyl (C=O) groups is 1. The summed E-state index contributed by atoms with van der Waals surface area (Å²) >= 11 is 5.78. The highest BCUT2D eigenvalue weighted by atomic mass is 35.5. The summed E-state index contributed by atoms with van der Waals surface area (Å²) in [5, 5.41) is 7.04. The molecule has 0 aromatic heterocycles. The van der Waals surface area contributed by atoms with E-state index in [1.807, 2.05) is 0 Å². The van der Waals surface area contributed by atoms with Gasteiger partial charge in [0.1, 0.15) is 12.4 Å². The van der Waals surface area contributed by atoms with Gasteiger partial charge in [-0.25, -0.2) is 4.39 Å². The molecule has 2 aromatic carbocycles. The van der Waals surface area contributed by atoms with Crippen molar-refractivity contribution in [1.82, 2.24) is 0 Å². The molecule has 0 atom stereocenters. The Morgan fingerprint density at radius 1 is 1.19 bits per heavy atom. The minimum absolute atomic E-state index is 0.0680. The molecule has 1 N–H and O–H groups in total. The molecule has 0 radical (unpaired) electrons. The molecule has 1 amide bonds. The average Bonchev–Trinajstić information content (AvgIpc) is 2.77. The maximum absolute atomic E-state index is 13.2. The number of oxime groups is 1. The number of hydrogen-bond acceptors (Lipinski definition) is 3. The Morgan fingerprint density at radius 2 is 1.95 bits per heavy atom. The van der Waals surface area contributed by atoms with Gasteiger partial charge in [-0.2, -0.15) is 0 Å². The largest absolute Gasteiger partial charge is 0.390 e. The molecule has 106 valence electrons. The van der Waals surface area contributed by atoms with Crippen molar-refractivity contribution in [2.24, 2.45) is 5.16 Å². The van der Waals surface area contributed by atoms with Crippen molar-refractivity contribution in [3.63, 3.8) is 0 Å². The van der Waals surface area contributed by atoms with Crippen molar-refractivity contribution in [2.45, 2.75) is 6.61 Å². The molecule has 0 unspecified atom stereocenters. The van der Waals surface area contributed by atoms with Crippen molar-refractivity contribution in [1.29, 1.82) is 0 Å². The number of nitrogens with one attached hydrogen (secondary N) is 1. The van der Waals surface area contributed by atoms with Gasteiger partial charge in [0.2, 0.25) is 0 Å². The summed E-state index contributed by atoms with van der Waals surface area (Å²) in [6.07, 6.45) is 0. The second-order valence-corrected chi connectivity index (χ2v) is 4.92. The lowest BCUT2D eigenvalue weighted by molar-refractivity contribution is -0.110. The van der Waals surface area contributed by atoms with Crippen LogP contribution in [0.25, 0.3) is 0 Å².